The van der Waals surface area contributed by atoms with Crippen molar-refractivity contribution >= 4 is 18.0 Å². The molecule has 0 amide bonds. The quantitative estimate of drug-likeness (QED) is 0.247. The molecule has 0 spiro atoms. The van der Waals surface area contributed by atoms with Crippen molar-refractivity contribution in [2.75, 3.05) is 6.61 Å². The number of phenols is 2. The minimum atomic E-state index is -1.44. The molecule has 0 aliphatic heterocycles. The molecule has 0 aromatic heterocycles. The van der Waals surface area contributed by atoms with Crippen molar-refractivity contribution in [3.63, 3.8) is 0 Å². The first kappa shape index (κ1) is 17.1. The van der Waals surface area contributed by atoms with Crippen LogP contribution in [0.1, 0.15) is 11.1 Å². The minimum absolute atomic E-state index is 0.0499. The Morgan fingerprint density at radius 3 is 2.33 bits per heavy atom. The minimum Gasteiger partial charge on any atom is -0.504 e. The van der Waals surface area contributed by atoms with E-state index in [9.17, 15) is 19.8 Å². The molecule has 24 heavy (non-hydrogen) atoms. The smallest absolute Gasteiger partial charge is 0.345 e. The molecule has 0 bridgehead atoms. The average molecular weight is 328 g/mol. The van der Waals surface area contributed by atoms with Crippen LogP contribution in [0.2, 0.25) is 0 Å². The number of ether oxygens (including phenoxy) is 1. The summed E-state index contributed by atoms with van der Waals surface area (Å²) in [4.78, 5) is 23.2. The van der Waals surface area contributed by atoms with Crippen molar-refractivity contribution < 1.29 is 29.6 Å². The third kappa shape index (κ3) is 4.61. The number of aliphatic carboxylic acids is 1. The van der Waals surface area contributed by atoms with E-state index in [0.717, 1.165) is 17.7 Å². The Labute approximate surface area is 138 Å². The van der Waals surface area contributed by atoms with Gasteiger partial charge in [0.1, 0.15) is 5.57 Å². The summed E-state index contributed by atoms with van der Waals surface area (Å²) in [6, 6.07) is 13.1. The number of carbonyl (C=O) groups is 2. The van der Waals surface area contributed by atoms with E-state index in [1.807, 2.05) is 30.3 Å². The van der Waals surface area contributed by atoms with Crippen LogP contribution in [0.15, 0.2) is 54.1 Å². The number of hydrogen-bond acceptors (Lipinski definition) is 5. The van der Waals surface area contributed by atoms with E-state index in [0.29, 0.717) is 6.42 Å². The first-order valence-electron chi connectivity index (χ1n) is 7.15. The molecule has 0 saturated carbocycles. The van der Waals surface area contributed by atoms with Gasteiger partial charge in [0.2, 0.25) is 0 Å². The fraction of sp³-hybridized carbons (Fsp3) is 0.111. The SMILES string of the molecule is O=C(O)/C(=C\c1ccc(O)c(O)c1)C(=O)OCCc1ccccc1. The molecule has 0 aliphatic carbocycles. The molecule has 0 atom stereocenters. The first-order chi connectivity index (χ1) is 11.5. The van der Waals surface area contributed by atoms with E-state index in [1.165, 1.54) is 12.1 Å². The number of aromatic hydroxyl groups is 2. The zero-order chi connectivity index (χ0) is 17.5. The molecule has 2 aromatic carbocycles. The van der Waals surface area contributed by atoms with Gasteiger partial charge in [-0.25, -0.2) is 9.59 Å². The van der Waals surface area contributed by atoms with Crippen LogP contribution in [-0.4, -0.2) is 33.9 Å². The van der Waals surface area contributed by atoms with E-state index >= 15 is 0 Å². The second-order valence-electron chi connectivity index (χ2n) is 4.98. The molecule has 0 heterocycles. The molecule has 0 fully saturated rings. The summed E-state index contributed by atoms with van der Waals surface area (Å²) in [6.45, 7) is 0.0499. The highest BCUT2D eigenvalue weighted by molar-refractivity contribution is 6.17. The van der Waals surface area contributed by atoms with Gasteiger partial charge in [-0.05, 0) is 29.3 Å². The van der Waals surface area contributed by atoms with Crippen LogP contribution in [0, 0.1) is 0 Å². The van der Waals surface area contributed by atoms with E-state index in [-0.39, 0.29) is 17.9 Å². The topological polar surface area (TPSA) is 104 Å². The number of phenolic OH excluding ortho intramolecular Hbond substituents is 2. The zero-order valence-electron chi connectivity index (χ0n) is 12.7. The Hall–Kier alpha value is -3.28. The van der Waals surface area contributed by atoms with Gasteiger partial charge in [-0.15, -0.1) is 0 Å². The Morgan fingerprint density at radius 1 is 1.00 bits per heavy atom. The highest BCUT2D eigenvalue weighted by atomic mass is 16.5. The number of carboxylic acid groups (broad SMARTS) is 1. The standard InChI is InChI=1S/C18H16O6/c19-15-7-6-13(11-16(15)20)10-14(17(21)22)18(23)24-9-8-12-4-2-1-3-5-12/h1-7,10-11,19-20H,8-9H2,(H,21,22)/b14-10+. The molecule has 6 heteroatoms. The highest BCUT2D eigenvalue weighted by Crippen LogP contribution is 2.26. The lowest BCUT2D eigenvalue weighted by atomic mass is 10.1. The van der Waals surface area contributed by atoms with Crippen molar-refractivity contribution in [3.8, 4) is 11.5 Å². The lowest BCUT2D eigenvalue weighted by Crippen LogP contribution is -2.16. The first-order valence-corrected chi connectivity index (χ1v) is 7.15. The Morgan fingerprint density at radius 2 is 1.71 bits per heavy atom. The predicted molar refractivity (Wildman–Crippen MR) is 86.5 cm³/mol. The summed E-state index contributed by atoms with van der Waals surface area (Å²) in [5.74, 6) is -3.15. The molecule has 124 valence electrons. The summed E-state index contributed by atoms with van der Waals surface area (Å²) in [5.41, 5.74) is 0.658. The maximum atomic E-state index is 11.9. The van der Waals surface area contributed by atoms with Gasteiger partial charge in [-0.3, -0.25) is 0 Å². The molecule has 6 nitrogen and oxygen atoms in total. The molecule has 2 rings (SSSR count). The van der Waals surface area contributed by atoms with Crippen molar-refractivity contribution in [1.82, 2.24) is 0 Å². The number of carboxylic acids is 1. The number of hydrogen-bond donors (Lipinski definition) is 3. The van der Waals surface area contributed by atoms with Gasteiger partial charge in [0.15, 0.2) is 11.5 Å². The summed E-state index contributed by atoms with van der Waals surface area (Å²) in [5, 5.41) is 27.8. The maximum absolute atomic E-state index is 11.9. The van der Waals surface area contributed by atoms with Crippen LogP contribution in [0.3, 0.4) is 0 Å². The molecular weight excluding hydrogens is 312 g/mol. The average Bonchev–Trinajstić information content (AvgIpc) is 2.56. The van der Waals surface area contributed by atoms with Crippen molar-refractivity contribution in [3.05, 3.63) is 65.2 Å². The molecule has 3 N–H and O–H groups in total. The number of rotatable bonds is 6. The monoisotopic (exact) mass is 328 g/mol. The largest absolute Gasteiger partial charge is 0.504 e. The Balaban J connectivity index is 2.06. The summed E-state index contributed by atoms with van der Waals surface area (Å²) >= 11 is 0. The van der Waals surface area contributed by atoms with E-state index in [4.69, 9.17) is 9.84 Å². The van der Waals surface area contributed by atoms with Crippen LogP contribution in [-0.2, 0) is 20.7 Å². The Bertz CT molecular complexity index is 764. The van der Waals surface area contributed by atoms with E-state index in [1.54, 1.807) is 0 Å². The maximum Gasteiger partial charge on any atom is 0.345 e. The molecule has 0 unspecified atom stereocenters. The summed E-state index contributed by atoms with van der Waals surface area (Å²) in [7, 11) is 0. The second kappa shape index (κ2) is 7.82. The van der Waals surface area contributed by atoms with Crippen LogP contribution in [0.5, 0.6) is 11.5 Å². The van der Waals surface area contributed by atoms with E-state index in [2.05, 4.69) is 0 Å². The van der Waals surface area contributed by atoms with Gasteiger partial charge in [0.05, 0.1) is 6.61 Å². The molecule has 0 saturated heterocycles. The fourth-order valence-electron chi connectivity index (χ4n) is 1.99. The molecule has 0 radical (unpaired) electrons. The van der Waals surface area contributed by atoms with Crippen LogP contribution < -0.4 is 0 Å². The third-order valence-electron chi connectivity index (χ3n) is 3.23. The third-order valence-corrected chi connectivity index (χ3v) is 3.23. The van der Waals surface area contributed by atoms with Crippen molar-refractivity contribution in [2.45, 2.75) is 6.42 Å². The van der Waals surface area contributed by atoms with Gasteiger partial charge in [0, 0.05) is 6.42 Å². The zero-order valence-corrected chi connectivity index (χ0v) is 12.7. The normalized spacial score (nSPS) is 11.1. The van der Waals surface area contributed by atoms with Crippen LogP contribution >= 0.6 is 0 Å². The van der Waals surface area contributed by atoms with Gasteiger partial charge in [0.25, 0.3) is 0 Å². The van der Waals surface area contributed by atoms with Crippen molar-refractivity contribution in [1.29, 1.82) is 0 Å². The number of benzene rings is 2. The molecular formula is C18H16O6. The van der Waals surface area contributed by atoms with Crippen LogP contribution in [0.4, 0.5) is 0 Å². The summed E-state index contributed by atoms with van der Waals surface area (Å²) in [6.07, 6.45) is 1.55. The van der Waals surface area contributed by atoms with Gasteiger partial charge in [-0.1, -0.05) is 36.4 Å². The van der Waals surface area contributed by atoms with Gasteiger partial charge in [-0.2, -0.15) is 0 Å². The molecule has 0 aliphatic rings. The lowest BCUT2D eigenvalue weighted by molar-refractivity contribution is -0.144. The second-order valence-corrected chi connectivity index (χ2v) is 4.98. The predicted octanol–water partition coefficient (Wildman–Crippen LogP) is 2.35. The fourth-order valence-corrected chi connectivity index (χ4v) is 1.99. The lowest BCUT2D eigenvalue weighted by Gasteiger charge is -2.06. The summed E-state index contributed by atoms with van der Waals surface area (Å²) < 4.78 is 5.00. The molecule has 2 aromatic rings. The number of esters is 1. The van der Waals surface area contributed by atoms with Crippen molar-refractivity contribution in [2.24, 2.45) is 0 Å². The van der Waals surface area contributed by atoms with Gasteiger partial charge >= 0.3 is 11.9 Å². The Kier molecular flexibility index (Phi) is 5.57. The van der Waals surface area contributed by atoms with E-state index < -0.39 is 23.3 Å². The van der Waals surface area contributed by atoms with Gasteiger partial charge < -0.3 is 20.1 Å². The number of carbonyl (C=O) groups excluding carboxylic acids is 1. The highest BCUT2D eigenvalue weighted by Gasteiger charge is 2.19. The van der Waals surface area contributed by atoms with Crippen LogP contribution in [0.25, 0.3) is 6.08 Å².